The summed E-state index contributed by atoms with van der Waals surface area (Å²) in [4.78, 5) is 31.5. The first-order valence-corrected chi connectivity index (χ1v) is 10.1. The molecule has 2 heterocycles. The van der Waals surface area contributed by atoms with Crippen molar-refractivity contribution in [3.63, 3.8) is 0 Å². The summed E-state index contributed by atoms with van der Waals surface area (Å²) in [5.74, 6) is -0.118. The SMILES string of the molecule is C=CCN(C(=O)Cn1ccc(=O)c2ccccc21)c1nc(-c2ccccc2)cs1. The standard InChI is InChI=1S/C23H19N3O2S/c1-2-13-26(23-24-19(16-29-23)17-8-4-3-5-9-17)22(28)15-25-14-12-21(27)18-10-6-7-11-20(18)25/h2-12,14,16H,1,13,15H2. The minimum Gasteiger partial charge on any atom is -0.338 e. The van der Waals surface area contributed by atoms with Crippen molar-refractivity contribution in [3.8, 4) is 11.3 Å². The van der Waals surface area contributed by atoms with E-state index < -0.39 is 0 Å². The second-order valence-electron chi connectivity index (χ2n) is 6.50. The fourth-order valence-corrected chi connectivity index (χ4v) is 4.04. The monoisotopic (exact) mass is 401 g/mol. The lowest BCUT2D eigenvalue weighted by Crippen LogP contribution is -2.34. The zero-order chi connectivity index (χ0) is 20.2. The van der Waals surface area contributed by atoms with Gasteiger partial charge in [-0.15, -0.1) is 17.9 Å². The molecule has 5 nitrogen and oxygen atoms in total. The predicted octanol–water partition coefficient (Wildman–Crippen LogP) is 4.34. The number of nitrogens with zero attached hydrogens (tertiary/aromatic N) is 3. The summed E-state index contributed by atoms with van der Waals surface area (Å²) in [7, 11) is 0. The van der Waals surface area contributed by atoms with E-state index in [1.54, 1.807) is 27.8 Å². The van der Waals surface area contributed by atoms with Crippen LogP contribution in [0.25, 0.3) is 22.2 Å². The van der Waals surface area contributed by atoms with Crippen LogP contribution in [0.5, 0.6) is 0 Å². The lowest BCUT2D eigenvalue weighted by Gasteiger charge is -2.19. The van der Waals surface area contributed by atoms with E-state index in [0.29, 0.717) is 17.1 Å². The Morgan fingerprint density at radius 1 is 1.10 bits per heavy atom. The van der Waals surface area contributed by atoms with Crippen molar-refractivity contribution in [1.82, 2.24) is 9.55 Å². The number of hydrogen-bond acceptors (Lipinski definition) is 4. The number of thiazole rings is 1. The summed E-state index contributed by atoms with van der Waals surface area (Å²) in [6.07, 6.45) is 3.34. The topological polar surface area (TPSA) is 55.2 Å². The van der Waals surface area contributed by atoms with Crippen LogP contribution >= 0.6 is 11.3 Å². The summed E-state index contributed by atoms with van der Waals surface area (Å²) < 4.78 is 1.79. The number of para-hydroxylation sites is 1. The molecule has 4 aromatic rings. The highest BCUT2D eigenvalue weighted by Crippen LogP contribution is 2.27. The van der Waals surface area contributed by atoms with Crippen LogP contribution in [0.4, 0.5) is 5.13 Å². The Morgan fingerprint density at radius 2 is 1.86 bits per heavy atom. The Morgan fingerprint density at radius 3 is 2.66 bits per heavy atom. The highest BCUT2D eigenvalue weighted by Gasteiger charge is 2.19. The van der Waals surface area contributed by atoms with Gasteiger partial charge in [0.25, 0.3) is 0 Å². The van der Waals surface area contributed by atoms with E-state index in [2.05, 4.69) is 11.6 Å². The summed E-state index contributed by atoms with van der Waals surface area (Å²) >= 11 is 1.42. The van der Waals surface area contributed by atoms with Gasteiger partial charge in [0.1, 0.15) is 6.54 Å². The van der Waals surface area contributed by atoms with E-state index in [4.69, 9.17) is 0 Å². The van der Waals surface area contributed by atoms with E-state index in [1.165, 1.54) is 17.4 Å². The molecule has 0 fully saturated rings. The zero-order valence-electron chi connectivity index (χ0n) is 15.7. The van der Waals surface area contributed by atoms with Gasteiger partial charge in [0.15, 0.2) is 10.6 Å². The molecule has 0 spiro atoms. The molecule has 0 saturated heterocycles. The van der Waals surface area contributed by atoms with E-state index in [1.807, 2.05) is 53.9 Å². The third kappa shape index (κ3) is 3.88. The van der Waals surface area contributed by atoms with Crippen molar-refractivity contribution in [2.24, 2.45) is 0 Å². The first-order chi connectivity index (χ1) is 14.2. The maximum absolute atomic E-state index is 13.1. The molecule has 2 aromatic heterocycles. The summed E-state index contributed by atoms with van der Waals surface area (Å²) in [6.45, 7) is 4.24. The molecule has 0 radical (unpaired) electrons. The van der Waals surface area contributed by atoms with Gasteiger partial charge in [0.2, 0.25) is 5.91 Å². The van der Waals surface area contributed by atoms with Crippen molar-refractivity contribution >= 4 is 33.3 Å². The minimum atomic E-state index is -0.118. The number of amides is 1. The first-order valence-electron chi connectivity index (χ1n) is 9.18. The van der Waals surface area contributed by atoms with Gasteiger partial charge in [-0.2, -0.15) is 0 Å². The number of hydrogen-bond donors (Lipinski definition) is 0. The fourth-order valence-electron chi connectivity index (χ4n) is 3.17. The van der Waals surface area contributed by atoms with E-state index >= 15 is 0 Å². The highest BCUT2D eigenvalue weighted by atomic mass is 32.1. The molecular formula is C23H19N3O2S. The van der Waals surface area contributed by atoms with Crippen molar-refractivity contribution in [2.45, 2.75) is 6.54 Å². The van der Waals surface area contributed by atoms with Gasteiger partial charge >= 0.3 is 0 Å². The first kappa shape index (κ1) is 18.8. The van der Waals surface area contributed by atoms with Gasteiger partial charge < -0.3 is 4.57 Å². The van der Waals surface area contributed by atoms with Gasteiger partial charge in [0.05, 0.1) is 11.2 Å². The van der Waals surface area contributed by atoms with Crippen molar-refractivity contribution in [1.29, 1.82) is 0 Å². The Hall–Kier alpha value is -3.51. The third-order valence-corrected chi connectivity index (χ3v) is 5.46. The van der Waals surface area contributed by atoms with Crippen LogP contribution in [0, 0.1) is 0 Å². The van der Waals surface area contributed by atoms with Crippen LogP contribution in [-0.4, -0.2) is 22.0 Å². The molecule has 0 aliphatic heterocycles. The molecular weight excluding hydrogens is 382 g/mol. The largest absolute Gasteiger partial charge is 0.338 e. The molecule has 0 N–H and O–H groups in total. The molecule has 29 heavy (non-hydrogen) atoms. The van der Waals surface area contributed by atoms with E-state index in [-0.39, 0.29) is 17.9 Å². The molecule has 144 valence electrons. The van der Waals surface area contributed by atoms with Crippen molar-refractivity contribution < 1.29 is 4.79 Å². The average Bonchev–Trinajstić information content (AvgIpc) is 3.24. The number of pyridine rings is 1. The average molecular weight is 401 g/mol. The number of benzene rings is 2. The van der Waals surface area contributed by atoms with Gasteiger partial charge in [-0.1, -0.05) is 48.5 Å². The second kappa shape index (κ2) is 8.24. The molecule has 0 saturated carbocycles. The predicted molar refractivity (Wildman–Crippen MR) is 118 cm³/mol. The summed E-state index contributed by atoms with van der Waals surface area (Å²) in [5, 5.41) is 3.17. The molecule has 0 unspecified atom stereocenters. The zero-order valence-corrected chi connectivity index (χ0v) is 16.5. The van der Waals surface area contributed by atoms with Crippen LogP contribution in [0.1, 0.15) is 0 Å². The van der Waals surface area contributed by atoms with Gasteiger partial charge in [-0.05, 0) is 12.1 Å². The molecule has 4 rings (SSSR count). The lowest BCUT2D eigenvalue weighted by molar-refractivity contribution is -0.119. The molecule has 1 amide bonds. The number of fused-ring (bicyclic) bond motifs is 1. The van der Waals surface area contributed by atoms with Gasteiger partial charge in [0, 0.05) is 35.1 Å². The van der Waals surface area contributed by atoms with Gasteiger partial charge in [-0.3, -0.25) is 14.5 Å². The number of aromatic nitrogens is 2. The van der Waals surface area contributed by atoms with Crippen LogP contribution in [0.2, 0.25) is 0 Å². The Bertz CT molecular complexity index is 1230. The number of carbonyl (C=O) groups is 1. The molecule has 2 aromatic carbocycles. The normalized spacial score (nSPS) is 10.8. The van der Waals surface area contributed by atoms with E-state index in [9.17, 15) is 9.59 Å². The van der Waals surface area contributed by atoms with Crippen LogP contribution in [0.3, 0.4) is 0 Å². The smallest absolute Gasteiger partial charge is 0.249 e. The quantitative estimate of drug-likeness (QED) is 0.452. The second-order valence-corrected chi connectivity index (χ2v) is 7.34. The van der Waals surface area contributed by atoms with Crippen molar-refractivity contribution in [2.75, 3.05) is 11.4 Å². The highest BCUT2D eigenvalue weighted by molar-refractivity contribution is 7.14. The summed E-state index contributed by atoms with van der Waals surface area (Å²) in [5.41, 5.74) is 2.52. The minimum absolute atomic E-state index is 0.0559. The Labute approximate surface area is 172 Å². The summed E-state index contributed by atoms with van der Waals surface area (Å²) in [6, 6.07) is 18.6. The number of anilines is 1. The molecule has 6 heteroatoms. The van der Waals surface area contributed by atoms with Crippen molar-refractivity contribution in [3.05, 3.63) is 95.1 Å². The molecule has 0 atom stereocenters. The van der Waals surface area contributed by atoms with Gasteiger partial charge in [-0.25, -0.2) is 4.98 Å². The lowest BCUT2D eigenvalue weighted by atomic mass is 10.2. The maximum Gasteiger partial charge on any atom is 0.249 e. The van der Waals surface area contributed by atoms with E-state index in [0.717, 1.165) is 16.8 Å². The Balaban J connectivity index is 1.64. The maximum atomic E-state index is 13.1. The third-order valence-electron chi connectivity index (χ3n) is 4.60. The number of carbonyl (C=O) groups excluding carboxylic acids is 1. The fraction of sp³-hybridized carbons (Fsp3) is 0.0870. The molecule has 0 aliphatic rings. The van der Waals surface area contributed by atoms with Crippen LogP contribution in [0.15, 0.2) is 89.7 Å². The molecule has 0 bridgehead atoms. The number of rotatable bonds is 6. The van der Waals surface area contributed by atoms with Crippen LogP contribution < -0.4 is 10.3 Å². The molecule has 0 aliphatic carbocycles. The Kier molecular flexibility index (Phi) is 5.35. The van der Waals surface area contributed by atoms with Crippen LogP contribution in [-0.2, 0) is 11.3 Å².